The Kier molecular flexibility index (Phi) is 6.32. The summed E-state index contributed by atoms with van der Waals surface area (Å²) in [4.78, 5) is 17.1. The molecular weight excluding hydrogens is 426 g/mol. The average Bonchev–Trinajstić information content (AvgIpc) is 3.23. The number of carbonyl (C=O) groups excluding carboxylic acids is 1. The van der Waals surface area contributed by atoms with Gasteiger partial charge >= 0.3 is 0 Å². The van der Waals surface area contributed by atoms with E-state index in [1.165, 1.54) is 0 Å². The zero-order valence-electron chi connectivity index (χ0n) is 17.5. The molecule has 0 radical (unpaired) electrons. The summed E-state index contributed by atoms with van der Waals surface area (Å²) in [5.74, 6) is 1.51. The van der Waals surface area contributed by atoms with Gasteiger partial charge in [-0.25, -0.2) is 4.98 Å². The third kappa shape index (κ3) is 4.87. The number of nitrogens with one attached hydrogen (secondary N) is 2. The molecule has 0 aliphatic carbocycles. The van der Waals surface area contributed by atoms with Crippen molar-refractivity contribution in [3.8, 4) is 23.0 Å². The first-order valence-corrected chi connectivity index (χ1v) is 10.4. The summed E-state index contributed by atoms with van der Waals surface area (Å²) in [5.41, 5.74) is 3.24. The van der Waals surface area contributed by atoms with Gasteiger partial charge in [-0.05, 0) is 73.7 Å². The Bertz CT molecular complexity index is 1290. The van der Waals surface area contributed by atoms with Crippen LogP contribution in [-0.4, -0.2) is 29.7 Å². The zero-order chi connectivity index (χ0) is 22.5. The number of nitrogens with zero attached hydrogens (tertiary/aromatic N) is 1. The number of carbonyl (C=O) groups is 1. The normalized spacial score (nSPS) is 10.6. The highest BCUT2D eigenvalue weighted by Crippen LogP contribution is 2.28. The number of fused-ring (bicyclic) bond motifs is 1. The number of thiocarbonyl (C=S) groups is 1. The van der Waals surface area contributed by atoms with Crippen LogP contribution in [0.1, 0.15) is 17.3 Å². The van der Waals surface area contributed by atoms with E-state index in [1.807, 2.05) is 31.2 Å². The minimum atomic E-state index is -0.327. The fraction of sp³-hybridized carbons (Fsp3) is 0.125. The second kappa shape index (κ2) is 9.49. The van der Waals surface area contributed by atoms with Crippen LogP contribution >= 0.6 is 12.2 Å². The van der Waals surface area contributed by atoms with Crippen LogP contribution in [0.2, 0.25) is 0 Å². The molecule has 2 N–H and O–H groups in total. The molecule has 0 aliphatic rings. The SMILES string of the molecule is CCOc1cccc(C(=O)NC(=S)Nc2ccc3oc(-c4cccc(OC)c4)nc3c2)c1. The average molecular weight is 448 g/mol. The van der Waals surface area contributed by atoms with Gasteiger partial charge in [0.1, 0.15) is 17.0 Å². The van der Waals surface area contributed by atoms with Crippen molar-refractivity contribution in [1.29, 1.82) is 0 Å². The Morgan fingerprint density at radius 3 is 2.69 bits per heavy atom. The third-order valence-electron chi connectivity index (χ3n) is 4.60. The predicted molar refractivity (Wildman–Crippen MR) is 127 cm³/mol. The van der Waals surface area contributed by atoms with Crippen LogP contribution < -0.4 is 20.1 Å². The van der Waals surface area contributed by atoms with Gasteiger partial charge in [0, 0.05) is 16.8 Å². The lowest BCUT2D eigenvalue weighted by Crippen LogP contribution is -2.34. The van der Waals surface area contributed by atoms with E-state index in [4.69, 9.17) is 26.1 Å². The van der Waals surface area contributed by atoms with Crippen molar-refractivity contribution in [3.63, 3.8) is 0 Å². The number of oxazole rings is 1. The van der Waals surface area contributed by atoms with Crippen LogP contribution in [0.15, 0.2) is 71.1 Å². The van der Waals surface area contributed by atoms with Crippen molar-refractivity contribution >= 4 is 40.0 Å². The largest absolute Gasteiger partial charge is 0.497 e. The number of hydrogen-bond acceptors (Lipinski definition) is 6. The number of methoxy groups -OCH3 is 1. The third-order valence-corrected chi connectivity index (χ3v) is 4.80. The number of aromatic nitrogens is 1. The number of ether oxygens (including phenoxy) is 2. The summed E-state index contributed by atoms with van der Waals surface area (Å²) in [6, 6.07) is 19.8. The van der Waals surface area contributed by atoms with Gasteiger partial charge in [0.15, 0.2) is 10.7 Å². The molecule has 7 nitrogen and oxygen atoms in total. The number of benzene rings is 3. The quantitative estimate of drug-likeness (QED) is 0.401. The van der Waals surface area contributed by atoms with Crippen LogP contribution in [0.4, 0.5) is 5.69 Å². The molecule has 0 aliphatic heterocycles. The molecule has 4 aromatic rings. The molecule has 0 bridgehead atoms. The first-order valence-electron chi connectivity index (χ1n) is 9.96. The van der Waals surface area contributed by atoms with Crippen LogP contribution in [-0.2, 0) is 0 Å². The molecule has 162 valence electrons. The summed E-state index contributed by atoms with van der Waals surface area (Å²) in [7, 11) is 1.61. The Morgan fingerprint density at radius 1 is 1.06 bits per heavy atom. The maximum absolute atomic E-state index is 12.5. The second-order valence-electron chi connectivity index (χ2n) is 6.80. The molecular formula is C24H21N3O4S. The molecule has 0 unspecified atom stereocenters. The fourth-order valence-electron chi connectivity index (χ4n) is 3.12. The summed E-state index contributed by atoms with van der Waals surface area (Å²) in [6.45, 7) is 2.41. The molecule has 0 spiro atoms. The van der Waals surface area contributed by atoms with E-state index >= 15 is 0 Å². The molecule has 0 saturated heterocycles. The molecule has 32 heavy (non-hydrogen) atoms. The molecule has 8 heteroatoms. The van der Waals surface area contributed by atoms with E-state index in [1.54, 1.807) is 49.6 Å². The molecule has 1 amide bonds. The first kappa shape index (κ1) is 21.3. The molecule has 1 heterocycles. The summed E-state index contributed by atoms with van der Waals surface area (Å²) in [6.07, 6.45) is 0. The van der Waals surface area contributed by atoms with Crippen LogP contribution in [0, 0.1) is 0 Å². The van der Waals surface area contributed by atoms with E-state index in [0.717, 1.165) is 11.3 Å². The van der Waals surface area contributed by atoms with Crippen molar-refractivity contribution in [3.05, 3.63) is 72.3 Å². The van der Waals surface area contributed by atoms with Gasteiger partial charge in [-0.3, -0.25) is 10.1 Å². The number of hydrogen-bond donors (Lipinski definition) is 2. The number of rotatable bonds is 6. The van der Waals surface area contributed by atoms with E-state index in [2.05, 4.69) is 15.6 Å². The Balaban J connectivity index is 1.46. The zero-order valence-corrected chi connectivity index (χ0v) is 18.4. The lowest BCUT2D eigenvalue weighted by molar-refractivity contribution is 0.0977. The highest BCUT2D eigenvalue weighted by atomic mass is 32.1. The molecule has 0 fully saturated rings. The van der Waals surface area contributed by atoms with E-state index in [9.17, 15) is 4.79 Å². The van der Waals surface area contributed by atoms with Gasteiger partial charge < -0.3 is 19.2 Å². The number of amides is 1. The fourth-order valence-corrected chi connectivity index (χ4v) is 3.33. The van der Waals surface area contributed by atoms with Crippen LogP contribution in [0.3, 0.4) is 0 Å². The summed E-state index contributed by atoms with van der Waals surface area (Å²) in [5, 5.41) is 5.86. The van der Waals surface area contributed by atoms with Crippen molar-refractivity contribution in [2.45, 2.75) is 6.92 Å². The van der Waals surface area contributed by atoms with Crippen molar-refractivity contribution in [2.24, 2.45) is 0 Å². The van der Waals surface area contributed by atoms with E-state index in [0.29, 0.717) is 40.6 Å². The Hall–Kier alpha value is -3.91. The summed E-state index contributed by atoms with van der Waals surface area (Å²) >= 11 is 5.30. The lowest BCUT2D eigenvalue weighted by atomic mass is 10.2. The van der Waals surface area contributed by atoms with Crippen molar-refractivity contribution in [1.82, 2.24) is 10.3 Å². The maximum atomic E-state index is 12.5. The van der Waals surface area contributed by atoms with E-state index < -0.39 is 0 Å². The standard InChI is InChI=1S/C24H21N3O4S/c1-3-30-19-9-4-6-15(12-19)22(28)27-24(32)25-17-10-11-21-20(14-17)26-23(31-21)16-7-5-8-18(13-16)29-2/h4-14H,3H2,1-2H3,(H2,25,27,28,32). The Labute approximate surface area is 190 Å². The number of anilines is 1. The highest BCUT2D eigenvalue weighted by Gasteiger charge is 2.12. The highest BCUT2D eigenvalue weighted by molar-refractivity contribution is 7.80. The monoisotopic (exact) mass is 447 g/mol. The summed E-state index contributed by atoms with van der Waals surface area (Å²) < 4.78 is 16.6. The molecule has 1 aromatic heterocycles. The maximum Gasteiger partial charge on any atom is 0.257 e. The van der Waals surface area contributed by atoms with Gasteiger partial charge in [-0.2, -0.15) is 0 Å². The smallest absolute Gasteiger partial charge is 0.257 e. The van der Waals surface area contributed by atoms with Crippen LogP contribution in [0.5, 0.6) is 11.5 Å². The topological polar surface area (TPSA) is 85.6 Å². The lowest BCUT2D eigenvalue weighted by Gasteiger charge is -2.10. The van der Waals surface area contributed by atoms with Gasteiger partial charge in [0.05, 0.1) is 13.7 Å². The Morgan fingerprint density at radius 2 is 1.88 bits per heavy atom. The van der Waals surface area contributed by atoms with Gasteiger partial charge in [-0.15, -0.1) is 0 Å². The van der Waals surface area contributed by atoms with Crippen molar-refractivity contribution < 1.29 is 18.7 Å². The molecule has 4 rings (SSSR count). The molecule has 0 saturated carbocycles. The second-order valence-corrected chi connectivity index (χ2v) is 7.21. The minimum absolute atomic E-state index is 0.174. The van der Waals surface area contributed by atoms with Crippen LogP contribution in [0.25, 0.3) is 22.6 Å². The molecule has 0 atom stereocenters. The minimum Gasteiger partial charge on any atom is -0.497 e. The first-order chi connectivity index (χ1) is 15.6. The van der Waals surface area contributed by atoms with Gasteiger partial charge in [0.2, 0.25) is 5.89 Å². The van der Waals surface area contributed by atoms with Gasteiger partial charge in [0.25, 0.3) is 5.91 Å². The van der Waals surface area contributed by atoms with E-state index in [-0.39, 0.29) is 11.0 Å². The van der Waals surface area contributed by atoms with Gasteiger partial charge in [-0.1, -0.05) is 12.1 Å². The molecule has 3 aromatic carbocycles. The predicted octanol–water partition coefficient (Wildman–Crippen LogP) is 5.03. The van der Waals surface area contributed by atoms with Crippen molar-refractivity contribution in [2.75, 3.05) is 19.0 Å².